The zero-order chi connectivity index (χ0) is 34.4. The number of ether oxygens (including phenoxy) is 5. The van der Waals surface area contributed by atoms with Crippen molar-refractivity contribution in [3.05, 3.63) is 64.2 Å². The largest absolute Gasteiger partial charge is 0.490 e. The van der Waals surface area contributed by atoms with Gasteiger partial charge in [0, 0.05) is 39.8 Å². The number of piperidine rings is 1. The lowest BCUT2D eigenvalue weighted by atomic mass is 9.93. The van der Waals surface area contributed by atoms with Crippen LogP contribution in [0.25, 0.3) is 0 Å². The number of rotatable bonds is 18. The third-order valence-corrected chi connectivity index (χ3v) is 9.38. The number of benzene rings is 2. The van der Waals surface area contributed by atoms with Crippen LogP contribution >= 0.6 is 0 Å². The number of methoxy groups -OCH3 is 1. The number of aliphatic hydroxyl groups excluding tert-OH is 1. The molecule has 13 nitrogen and oxygen atoms in total. The molecule has 0 bridgehead atoms. The lowest BCUT2D eigenvalue weighted by Gasteiger charge is -2.43. The number of nitrogens with zero attached hydrogens (tertiary/aromatic N) is 3. The Hall–Kier alpha value is -3.65. The summed E-state index contributed by atoms with van der Waals surface area (Å²) in [6.45, 7) is 3.73. The Morgan fingerprint density at radius 2 is 1.80 bits per heavy atom. The van der Waals surface area contributed by atoms with Crippen LogP contribution < -0.4 is 14.4 Å². The van der Waals surface area contributed by atoms with Crippen molar-refractivity contribution in [2.45, 2.75) is 94.9 Å². The monoisotopic (exact) mass is 685 g/mol. The Morgan fingerprint density at radius 1 is 1.00 bits per heavy atom. The van der Waals surface area contributed by atoms with Gasteiger partial charge in [-0.05, 0) is 74.8 Å². The summed E-state index contributed by atoms with van der Waals surface area (Å²) < 4.78 is 30.5. The minimum absolute atomic E-state index is 0.0125. The van der Waals surface area contributed by atoms with Gasteiger partial charge in [-0.3, -0.25) is 4.79 Å². The molecule has 5 rings (SSSR count). The average Bonchev–Trinajstić information content (AvgIpc) is 3.11. The van der Waals surface area contributed by atoms with Crippen LogP contribution in [0.4, 0.5) is 5.69 Å². The summed E-state index contributed by atoms with van der Waals surface area (Å²) in [6, 6.07) is 15.9. The molecular formula is C36H51N3O10. The van der Waals surface area contributed by atoms with E-state index in [9.17, 15) is 20.0 Å². The van der Waals surface area contributed by atoms with Crippen molar-refractivity contribution in [3.8, 4) is 11.5 Å². The molecule has 2 aromatic carbocycles. The van der Waals surface area contributed by atoms with Crippen molar-refractivity contribution in [2.75, 3.05) is 58.0 Å². The van der Waals surface area contributed by atoms with Crippen molar-refractivity contribution in [1.29, 1.82) is 0 Å². The molecule has 2 fully saturated rings. The molecule has 1 aliphatic carbocycles. The summed E-state index contributed by atoms with van der Waals surface area (Å²) in [6.07, 6.45) is 4.22. The molecule has 1 saturated heterocycles. The first-order valence-electron chi connectivity index (χ1n) is 17.6. The second kappa shape index (κ2) is 18.9. The summed E-state index contributed by atoms with van der Waals surface area (Å²) in [7, 11) is 1.71. The molecule has 0 aromatic heterocycles. The van der Waals surface area contributed by atoms with E-state index in [1.165, 1.54) is 0 Å². The number of amides is 1. The lowest BCUT2D eigenvalue weighted by molar-refractivity contribution is -0.757. The van der Waals surface area contributed by atoms with Gasteiger partial charge in [0.05, 0.1) is 37.7 Å². The lowest BCUT2D eigenvalue weighted by Crippen LogP contribution is -2.59. The molecular weight excluding hydrogens is 634 g/mol. The van der Waals surface area contributed by atoms with Gasteiger partial charge in [-0.15, -0.1) is 10.1 Å². The smallest absolute Gasteiger partial charge is 0.294 e. The fourth-order valence-electron chi connectivity index (χ4n) is 6.80. The molecule has 1 saturated carbocycles. The Balaban J connectivity index is 1.20. The van der Waals surface area contributed by atoms with Crippen molar-refractivity contribution >= 4 is 11.6 Å². The number of likely N-dealkylation sites (tertiary alicyclic amines) is 1. The van der Waals surface area contributed by atoms with Crippen LogP contribution in [-0.2, 0) is 30.4 Å². The highest BCUT2D eigenvalue weighted by Crippen LogP contribution is 2.34. The third-order valence-electron chi connectivity index (χ3n) is 9.38. The number of aliphatic hydroxyl groups is 1. The molecule has 3 aliphatic rings. The Bertz CT molecular complexity index is 1310. The van der Waals surface area contributed by atoms with E-state index in [4.69, 9.17) is 23.7 Å². The van der Waals surface area contributed by atoms with Crippen molar-refractivity contribution < 1.29 is 43.5 Å². The normalized spacial score (nSPS) is 23.8. The SMILES string of the molecule is COCCCN1CCOc2ccc(COC3CN(C(=O)CCCCCO[N+](=O)[O-])CC(O)C3OC3CCC(Oc4ccccc4)CC3)cc21. The van der Waals surface area contributed by atoms with E-state index >= 15 is 0 Å². The van der Waals surface area contributed by atoms with Crippen LogP contribution in [0.5, 0.6) is 11.5 Å². The number of β-amino-alcohol motifs (C(OH)–C–C–N with tert-alkyl or cyclic N) is 1. The number of fused-ring (bicyclic) bond motifs is 1. The third kappa shape index (κ3) is 11.2. The maximum absolute atomic E-state index is 13.2. The standard InChI is InChI=1S/C36H51N3O10/c1-44-20-8-18-37-19-22-45-33-17-12-27(23-31(33)37)26-46-34-25-38(35(41)11-6-3-7-21-47-39(42)43)24-32(40)36(34)49-30-15-13-29(14-16-30)48-28-9-4-2-5-10-28/h2,4-5,9-10,12,17,23,29-30,32,34,36,40H,3,6-8,11,13-16,18-22,24-26H2,1H3. The highest BCUT2D eigenvalue weighted by Gasteiger charge is 2.41. The number of anilines is 1. The highest BCUT2D eigenvalue weighted by molar-refractivity contribution is 5.76. The predicted molar refractivity (Wildman–Crippen MR) is 181 cm³/mol. The van der Waals surface area contributed by atoms with Crippen LogP contribution in [0.2, 0.25) is 0 Å². The van der Waals surface area contributed by atoms with Crippen molar-refractivity contribution in [1.82, 2.24) is 4.90 Å². The molecule has 2 aromatic rings. The van der Waals surface area contributed by atoms with E-state index in [0.717, 1.165) is 67.9 Å². The number of hydrogen-bond donors (Lipinski definition) is 1. The molecule has 13 heteroatoms. The first-order valence-corrected chi connectivity index (χ1v) is 17.6. The molecule has 1 amide bonds. The van der Waals surface area contributed by atoms with Crippen LogP contribution in [0.15, 0.2) is 48.5 Å². The van der Waals surface area contributed by atoms with Gasteiger partial charge in [0.1, 0.15) is 36.4 Å². The molecule has 49 heavy (non-hydrogen) atoms. The van der Waals surface area contributed by atoms with Crippen LogP contribution in [0.3, 0.4) is 0 Å². The van der Waals surface area contributed by atoms with Gasteiger partial charge in [-0.2, -0.15) is 0 Å². The van der Waals surface area contributed by atoms with Crippen LogP contribution in [0, 0.1) is 10.1 Å². The van der Waals surface area contributed by atoms with E-state index < -0.39 is 23.4 Å². The van der Waals surface area contributed by atoms with Crippen molar-refractivity contribution in [3.63, 3.8) is 0 Å². The van der Waals surface area contributed by atoms with E-state index in [2.05, 4.69) is 15.8 Å². The van der Waals surface area contributed by atoms with Gasteiger partial charge in [0.25, 0.3) is 5.09 Å². The van der Waals surface area contributed by atoms with Crippen LogP contribution in [0.1, 0.15) is 63.4 Å². The van der Waals surface area contributed by atoms with Gasteiger partial charge in [0.2, 0.25) is 5.91 Å². The van der Waals surface area contributed by atoms with Gasteiger partial charge in [-0.1, -0.05) is 30.7 Å². The minimum atomic E-state index is -0.914. The van der Waals surface area contributed by atoms with Crippen LogP contribution in [-0.4, -0.2) is 105 Å². The van der Waals surface area contributed by atoms with E-state index in [-0.39, 0.29) is 44.3 Å². The maximum Gasteiger partial charge on any atom is 0.294 e. The first kappa shape index (κ1) is 36.6. The number of unbranched alkanes of at least 4 members (excludes halogenated alkanes) is 2. The fraction of sp³-hybridized carbons (Fsp3) is 0.639. The molecule has 270 valence electrons. The zero-order valence-electron chi connectivity index (χ0n) is 28.5. The molecule has 1 N–H and O–H groups in total. The van der Waals surface area contributed by atoms with Crippen molar-refractivity contribution in [2.24, 2.45) is 0 Å². The highest BCUT2D eigenvalue weighted by atomic mass is 16.9. The Morgan fingerprint density at radius 3 is 2.57 bits per heavy atom. The zero-order valence-corrected chi connectivity index (χ0v) is 28.5. The molecule has 3 atom stereocenters. The molecule has 0 radical (unpaired) electrons. The topological polar surface area (TPSA) is 142 Å². The summed E-state index contributed by atoms with van der Waals surface area (Å²) in [5, 5.41) is 21.0. The van der Waals surface area contributed by atoms with E-state index in [1.807, 2.05) is 42.5 Å². The van der Waals surface area contributed by atoms with Gasteiger partial charge in [-0.25, -0.2) is 0 Å². The Kier molecular flexibility index (Phi) is 14.2. The summed E-state index contributed by atoms with van der Waals surface area (Å²) in [4.78, 5) is 31.9. The quantitative estimate of drug-likeness (QED) is 0.134. The minimum Gasteiger partial charge on any atom is -0.490 e. The van der Waals surface area contributed by atoms with Gasteiger partial charge in [0.15, 0.2) is 0 Å². The summed E-state index contributed by atoms with van der Waals surface area (Å²) >= 11 is 0. The predicted octanol–water partition coefficient (Wildman–Crippen LogP) is 4.55. The molecule has 2 aliphatic heterocycles. The van der Waals surface area contributed by atoms with Gasteiger partial charge < -0.3 is 43.4 Å². The second-order valence-electron chi connectivity index (χ2n) is 13.0. The molecule has 3 unspecified atom stereocenters. The van der Waals surface area contributed by atoms with E-state index in [0.29, 0.717) is 39.0 Å². The Labute approximate surface area is 288 Å². The number of hydrogen-bond acceptors (Lipinski definition) is 11. The maximum atomic E-state index is 13.2. The fourth-order valence-corrected chi connectivity index (χ4v) is 6.80. The number of carbonyl (C=O) groups is 1. The summed E-state index contributed by atoms with van der Waals surface area (Å²) in [5.41, 5.74) is 1.99. The second-order valence-corrected chi connectivity index (χ2v) is 13.0. The summed E-state index contributed by atoms with van der Waals surface area (Å²) in [5.74, 6) is 1.62. The van der Waals surface area contributed by atoms with Gasteiger partial charge >= 0.3 is 0 Å². The van der Waals surface area contributed by atoms with E-state index in [1.54, 1.807) is 12.0 Å². The molecule has 0 spiro atoms. The first-order chi connectivity index (χ1) is 23.9. The average molecular weight is 686 g/mol. The molecule has 2 heterocycles. The number of carbonyl (C=O) groups excluding carboxylic acids is 1. The number of para-hydroxylation sites is 1.